The van der Waals surface area contributed by atoms with Gasteiger partial charge >= 0.3 is 0 Å². The molecule has 0 aliphatic heterocycles. The van der Waals surface area contributed by atoms with Crippen LogP contribution >= 0.6 is 11.8 Å². The second kappa shape index (κ2) is 6.65. The van der Waals surface area contributed by atoms with Gasteiger partial charge in [0.25, 0.3) is 0 Å². The van der Waals surface area contributed by atoms with E-state index in [1.54, 1.807) is 11.8 Å². The molecule has 0 spiro atoms. The Labute approximate surface area is 134 Å². The molecule has 1 heterocycles. The van der Waals surface area contributed by atoms with Crippen molar-refractivity contribution in [3.8, 4) is 11.3 Å². The first-order valence-corrected chi connectivity index (χ1v) is 8.83. The van der Waals surface area contributed by atoms with E-state index in [9.17, 15) is 0 Å². The van der Waals surface area contributed by atoms with E-state index in [-0.39, 0.29) is 5.82 Å². The summed E-state index contributed by atoms with van der Waals surface area (Å²) in [5.74, 6) is 2.41. The van der Waals surface area contributed by atoms with Crippen LogP contribution < -0.4 is 5.73 Å². The number of nitrogen functional groups attached to an aromatic ring is 1. The topological polar surface area (TPSA) is 51.8 Å². The highest BCUT2D eigenvalue weighted by molar-refractivity contribution is 7.98. The fraction of sp³-hybridized carbons (Fsp3) is 0.412. The van der Waals surface area contributed by atoms with E-state index in [1.165, 1.54) is 37.2 Å². The average molecular weight is 317 g/mol. The van der Waals surface area contributed by atoms with Gasteiger partial charge in [-0.05, 0) is 36.1 Å². The van der Waals surface area contributed by atoms with Crippen molar-refractivity contribution in [2.75, 3.05) is 11.5 Å². The molecule has 1 aliphatic carbocycles. The molecule has 2 aromatic rings. The Bertz CT molecular complexity index is 654. The van der Waals surface area contributed by atoms with Crippen molar-refractivity contribution < 1.29 is 4.39 Å². The van der Waals surface area contributed by atoms with E-state index in [0.29, 0.717) is 28.7 Å². The fourth-order valence-electron chi connectivity index (χ4n) is 2.76. The van der Waals surface area contributed by atoms with Crippen molar-refractivity contribution in [2.45, 2.75) is 37.9 Å². The zero-order valence-electron chi connectivity index (χ0n) is 12.7. The minimum Gasteiger partial charge on any atom is -0.382 e. The third-order valence-electron chi connectivity index (χ3n) is 4.22. The molecule has 1 aliphatic rings. The summed E-state index contributed by atoms with van der Waals surface area (Å²) in [6, 6.07) is 3.91. The number of rotatable bonds is 5. The Balaban J connectivity index is 2.02. The van der Waals surface area contributed by atoms with Crippen LogP contribution in [-0.4, -0.2) is 15.7 Å². The molecule has 3 nitrogen and oxygen atoms in total. The summed E-state index contributed by atoms with van der Waals surface area (Å²) in [4.78, 5) is 8.22. The summed E-state index contributed by atoms with van der Waals surface area (Å²) in [6.45, 7) is 2.10. The van der Waals surface area contributed by atoms with Crippen LogP contribution in [-0.2, 0) is 5.75 Å². The number of thioether (sulfide) groups is 1. The monoisotopic (exact) mass is 317 g/mol. The van der Waals surface area contributed by atoms with E-state index in [2.05, 4.69) is 23.0 Å². The highest BCUT2D eigenvalue weighted by Gasteiger charge is 2.25. The van der Waals surface area contributed by atoms with Crippen LogP contribution in [0.5, 0.6) is 0 Å². The van der Waals surface area contributed by atoms with Gasteiger partial charge in [0.05, 0.1) is 18.1 Å². The summed E-state index contributed by atoms with van der Waals surface area (Å²) >= 11 is 1.75. The lowest BCUT2D eigenvalue weighted by Crippen LogP contribution is -2.12. The quantitative estimate of drug-likeness (QED) is 0.889. The van der Waals surface area contributed by atoms with Gasteiger partial charge in [0.1, 0.15) is 11.6 Å². The number of nitrogens with zero attached hydrogens (tertiary/aromatic N) is 2. The molecule has 3 rings (SSSR count). The second-order valence-electron chi connectivity index (χ2n) is 5.59. The largest absolute Gasteiger partial charge is 0.382 e. The van der Waals surface area contributed by atoms with E-state index in [4.69, 9.17) is 5.73 Å². The maximum absolute atomic E-state index is 15.1. The number of hydrogen-bond donors (Lipinski definition) is 1. The van der Waals surface area contributed by atoms with Gasteiger partial charge in [0.15, 0.2) is 0 Å². The van der Waals surface area contributed by atoms with E-state index < -0.39 is 0 Å². The van der Waals surface area contributed by atoms with Gasteiger partial charge in [-0.25, -0.2) is 9.37 Å². The predicted octanol–water partition coefficient (Wildman–Crippen LogP) is 4.39. The maximum Gasteiger partial charge on any atom is 0.141 e. The first-order chi connectivity index (χ1) is 10.7. The van der Waals surface area contributed by atoms with Crippen LogP contribution in [0.4, 0.5) is 10.2 Å². The maximum atomic E-state index is 15.1. The van der Waals surface area contributed by atoms with Gasteiger partial charge in [-0.3, -0.25) is 4.98 Å². The van der Waals surface area contributed by atoms with E-state index in [0.717, 1.165) is 11.3 Å². The number of nitrogens with two attached hydrogens (primary N) is 1. The number of anilines is 1. The second-order valence-corrected chi connectivity index (χ2v) is 6.86. The fourth-order valence-corrected chi connectivity index (χ4v) is 3.47. The molecular formula is C17H20FN3S. The minimum absolute atomic E-state index is 0.149. The zero-order valence-corrected chi connectivity index (χ0v) is 13.5. The lowest BCUT2D eigenvalue weighted by atomic mass is 9.78. The Kier molecular flexibility index (Phi) is 4.62. The summed E-state index contributed by atoms with van der Waals surface area (Å²) < 4.78 is 15.1. The van der Waals surface area contributed by atoms with Gasteiger partial charge < -0.3 is 5.73 Å². The van der Waals surface area contributed by atoms with Gasteiger partial charge in [0, 0.05) is 16.9 Å². The third-order valence-corrected chi connectivity index (χ3v) is 5.12. The average Bonchev–Trinajstić information content (AvgIpc) is 2.46. The van der Waals surface area contributed by atoms with Gasteiger partial charge in [-0.2, -0.15) is 11.8 Å². The number of hydrogen-bond acceptors (Lipinski definition) is 4. The number of halogens is 1. The molecule has 5 heteroatoms. The zero-order chi connectivity index (χ0) is 15.5. The summed E-state index contributed by atoms with van der Waals surface area (Å²) in [6.07, 6.45) is 6.59. The van der Waals surface area contributed by atoms with Crippen molar-refractivity contribution in [1.82, 2.24) is 9.97 Å². The standard InChI is InChI=1S/C17H20FN3S/c1-2-22-10-14-12(11-4-3-5-11)6-7-13(17(14)18)15-8-21-16(19)9-20-15/h6-9,11H,2-5,10H2,1H3,(H2,19,21). The first kappa shape index (κ1) is 15.3. The number of aromatic nitrogens is 2. The summed E-state index contributed by atoms with van der Waals surface area (Å²) in [5, 5.41) is 0. The van der Waals surface area contributed by atoms with Crippen molar-refractivity contribution in [3.05, 3.63) is 41.5 Å². The molecule has 0 amide bonds. The normalized spacial score (nSPS) is 14.8. The Morgan fingerprint density at radius 1 is 1.27 bits per heavy atom. The van der Waals surface area contributed by atoms with Gasteiger partial charge in [-0.1, -0.05) is 19.4 Å². The van der Waals surface area contributed by atoms with Crippen LogP contribution in [0.3, 0.4) is 0 Å². The van der Waals surface area contributed by atoms with Crippen LogP contribution in [0.1, 0.15) is 43.2 Å². The van der Waals surface area contributed by atoms with Gasteiger partial charge in [0.2, 0.25) is 0 Å². The third kappa shape index (κ3) is 2.95. The highest BCUT2D eigenvalue weighted by atomic mass is 32.2. The molecule has 2 N–H and O–H groups in total. The van der Waals surface area contributed by atoms with E-state index in [1.807, 2.05) is 6.07 Å². The van der Waals surface area contributed by atoms with Gasteiger partial charge in [-0.15, -0.1) is 0 Å². The van der Waals surface area contributed by atoms with E-state index >= 15 is 4.39 Å². The molecule has 1 aromatic carbocycles. The lowest BCUT2D eigenvalue weighted by Gasteiger charge is -2.28. The molecule has 22 heavy (non-hydrogen) atoms. The Hall–Kier alpha value is -1.62. The lowest BCUT2D eigenvalue weighted by molar-refractivity contribution is 0.416. The SMILES string of the molecule is CCSCc1c(C2CCC2)ccc(-c2cnc(N)cn2)c1F. The van der Waals surface area contributed by atoms with Crippen LogP contribution in [0.2, 0.25) is 0 Å². The summed E-state index contributed by atoms with van der Waals surface area (Å²) in [5.41, 5.74) is 8.63. The molecule has 116 valence electrons. The van der Waals surface area contributed by atoms with Crippen LogP contribution in [0.25, 0.3) is 11.3 Å². The molecular weight excluding hydrogens is 297 g/mol. The number of benzene rings is 1. The van der Waals surface area contributed by atoms with Crippen molar-refractivity contribution in [1.29, 1.82) is 0 Å². The van der Waals surface area contributed by atoms with Crippen LogP contribution in [0.15, 0.2) is 24.5 Å². The molecule has 1 fully saturated rings. The molecule has 0 unspecified atom stereocenters. The van der Waals surface area contributed by atoms with Crippen molar-refractivity contribution in [3.63, 3.8) is 0 Å². The smallest absolute Gasteiger partial charge is 0.141 e. The molecule has 0 bridgehead atoms. The summed E-state index contributed by atoms with van der Waals surface area (Å²) in [7, 11) is 0. The molecule has 0 atom stereocenters. The van der Waals surface area contributed by atoms with Crippen molar-refractivity contribution in [2.24, 2.45) is 0 Å². The molecule has 0 saturated heterocycles. The Morgan fingerprint density at radius 3 is 2.68 bits per heavy atom. The molecule has 0 radical (unpaired) electrons. The first-order valence-electron chi connectivity index (χ1n) is 7.67. The molecule has 1 saturated carbocycles. The van der Waals surface area contributed by atoms with Crippen LogP contribution in [0, 0.1) is 5.82 Å². The predicted molar refractivity (Wildman–Crippen MR) is 90.3 cm³/mol. The van der Waals surface area contributed by atoms with Crippen molar-refractivity contribution >= 4 is 17.6 Å². The Morgan fingerprint density at radius 2 is 2.09 bits per heavy atom. The molecule has 1 aromatic heterocycles. The minimum atomic E-state index is -0.149. The highest BCUT2D eigenvalue weighted by Crippen LogP contribution is 2.41.